The van der Waals surface area contributed by atoms with Gasteiger partial charge in [0.05, 0.1) is 0 Å². The summed E-state index contributed by atoms with van der Waals surface area (Å²) >= 11 is 0. The average molecular weight is 353 g/mol. The molecule has 0 atom stereocenters. The fourth-order valence-corrected chi connectivity index (χ4v) is 1.05. The van der Waals surface area contributed by atoms with Crippen LogP contribution in [0.4, 0.5) is 0 Å². The van der Waals surface area contributed by atoms with Crippen LogP contribution in [0.2, 0.25) is 0 Å². The summed E-state index contributed by atoms with van der Waals surface area (Å²) in [6.45, 7) is 1.91. The minimum Gasteiger partial charge on any atom is -0.243 e. The summed E-state index contributed by atoms with van der Waals surface area (Å²) in [6, 6.07) is 10.8. The third-order valence-corrected chi connectivity index (χ3v) is 1.64. The average Bonchev–Trinajstić information content (AvgIpc) is 2.53. The molecule has 0 aliphatic heterocycles. The smallest absolute Gasteiger partial charge is 0.138 e. The Labute approximate surface area is 91.1 Å². The zero-order valence-corrected chi connectivity index (χ0v) is 9.32. The van der Waals surface area contributed by atoms with E-state index in [9.17, 15) is 0 Å². The molecule has 0 fully saturated rings. The topological polar surface area (TPSA) is 30.7 Å². The van der Waals surface area contributed by atoms with Crippen LogP contribution in [-0.4, -0.2) is 14.8 Å². The van der Waals surface area contributed by atoms with Crippen LogP contribution in [-0.2, 0) is 21.1 Å². The van der Waals surface area contributed by atoms with E-state index in [1.165, 1.54) is 6.33 Å². The van der Waals surface area contributed by atoms with E-state index in [0.717, 1.165) is 11.5 Å². The number of aryl methyl sites for hydroxylation is 1. The Balaban J connectivity index is 0.000000845. The third-order valence-electron chi connectivity index (χ3n) is 1.64. The SMILES string of the molecule is Cc1ncnn1-c1[c-]cccc1.[Pt]. The Morgan fingerprint density at radius 3 is 2.77 bits per heavy atom. The summed E-state index contributed by atoms with van der Waals surface area (Å²) in [5.74, 6) is 0.873. The number of hydrogen-bond donors (Lipinski definition) is 0. The van der Waals surface area contributed by atoms with Crippen LogP contribution in [0.15, 0.2) is 30.6 Å². The monoisotopic (exact) mass is 353 g/mol. The van der Waals surface area contributed by atoms with Crippen molar-refractivity contribution in [1.82, 2.24) is 14.8 Å². The molecule has 0 N–H and O–H groups in total. The fraction of sp³-hybridized carbons (Fsp3) is 0.111. The Morgan fingerprint density at radius 1 is 1.38 bits per heavy atom. The molecule has 1 aromatic carbocycles. The van der Waals surface area contributed by atoms with Crippen LogP contribution in [0.25, 0.3) is 5.69 Å². The van der Waals surface area contributed by atoms with Gasteiger partial charge in [-0.1, -0.05) is 0 Å². The van der Waals surface area contributed by atoms with Crippen molar-refractivity contribution in [3.8, 4) is 5.69 Å². The quantitative estimate of drug-likeness (QED) is 0.726. The van der Waals surface area contributed by atoms with Crippen molar-refractivity contribution >= 4 is 0 Å². The van der Waals surface area contributed by atoms with Gasteiger partial charge in [-0.05, 0) is 12.6 Å². The number of benzene rings is 1. The van der Waals surface area contributed by atoms with Crippen molar-refractivity contribution in [2.24, 2.45) is 0 Å². The van der Waals surface area contributed by atoms with Gasteiger partial charge in [-0.2, -0.15) is 29.4 Å². The fourth-order valence-electron chi connectivity index (χ4n) is 1.05. The van der Waals surface area contributed by atoms with Crippen molar-refractivity contribution in [1.29, 1.82) is 0 Å². The second-order valence-electron chi connectivity index (χ2n) is 2.47. The van der Waals surface area contributed by atoms with Crippen LogP contribution < -0.4 is 0 Å². The van der Waals surface area contributed by atoms with Crippen LogP contribution in [0.5, 0.6) is 0 Å². The number of para-hydroxylation sites is 1. The second kappa shape index (κ2) is 4.33. The second-order valence-corrected chi connectivity index (χ2v) is 2.47. The molecule has 2 aromatic rings. The van der Waals surface area contributed by atoms with Gasteiger partial charge in [-0.3, -0.25) is 0 Å². The predicted molar refractivity (Wildman–Crippen MR) is 44.9 cm³/mol. The van der Waals surface area contributed by atoms with Crippen LogP contribution in [0, 0.1) is 13.0 Å². The normalized spacial score (nSPS) is 9.31. The van der Waals surface area contributed by atoms with Gasteiger partial charge in [0.2, 0.25) is 0 Å². The standard InChI is InChI=1S/C9H8N3.Pt/c1-8-10-7-11-12(8)9-5-3-2-4-6-9;/h2-5,7H,1H3;/q-1;. The predicted octanol–water partition coefficient (Wildman–Crippen LogP) is 1.37. The van der Waals surface area contributed by atoms with Crippen molar-refractivity contribution in [2.75, 3.05) is 0 Å². The molecule has 70 valence electrons. The molecule has 4 heteroatoms. The maximum atomic E-state index is 4.06. The first-order valence-electron chi connectivity index (χ1n) is 3.71. The number of hydrogen-bond acceptors (Lipinski definition) is 2. The number of aromatic nitrogens is 3. The summed E-state index contributed by atoms with van der Waals surface area (Å²) < 4.78 is 1.75. The van der Waals surface area contributed by atoms with E-state index in [1.54, 1.807) is 4.68 Å². The summed E-state index contributed by atoms with van der Waals surface area (Å²) in [4.78, 5) is 4.02. The Bertz CT molecular complexity index is 369. The maximum Gasteiger partial charge on any atom is 0.138 e. The summed E-state index contributed by atoms with van der Waals surface area (Å²) in [5.41, 5.74) is 0.924. The molecule has 0 saturated carbocycles. The Morgan fingerprint density at radius 2 is 2.23 bits per heavy atom. The molecule has 0 radical (unpaired) electrons. The molecule has 2 rings (SSSR count). The molecule has 1 heterocycles. The van der Waals surface area contributed by atoms with Crippen LogP contribution >= 0.6 is 0 Å². The van der Waals surface area contributed by atoms with E-state index in [4.69, 9.17) is 0 Å². The molecule has 0 saturated heterocycles. The molecule has 0 unspecified atom stereocenters. The third kappa shape index (κ3) is 2.04. The molecule has 3 nitrogen and oxygen atoms in total. The molecule has 0 aliphatic carbocycles. The van der Waals surface area contributed by atoms with E-state index in [2.05, 4.69) is 16.1 Å². The van der Waals surface area contributed by atoms with Crippen LogP contribution in [0.1, 0.15) is 5.82 Å². The van der Waals surface area contributed by atoms with Gasteiger partial charge in [-0.25, -0.2) is 9.67 Å². The minimum absolute atomic E-state index is 0. The Kier molecular flexibility index (Phi) is 3.38. The van der Waals surface area contributed by atoms with Gasteiger partial charge >= 0.3 is 0 Å². The summed E-state index contributed by atoms with van der Waals surface area (Å²) in [5, 5.41) is 4.06. The first kappa shape index (κ1) is 10.1. The van der Waals surface area contributed by atoms with Gasteiger partial charge in [0.15, 0.2) is 0 Å². The number of nitrogens with zero attached hydrogens (tertiary/aromatic N) is 3. The zero-order chi connectivity index (χ0) is 8.39. The minimum atomic E-state index is 0. The molecular weight excluding hydrogens is 345 g/mol. The summed E-state index contributed by atoms with van der Waals surface area (Å²) in [6.07, 6.45) is 1.54. The van der Waals surface area contributed by atoms with E-state index in [1.807, 2.05) is 31.2 Å². The maximum absolute atomic E-state index is 4.06. The van der Waals surface area contributed by atoms with Crippen molar-refractivity contribution in [3.63, 3.8) is 0 Å². The van der Waals surface area contributed by atoms with Crippen molar-refractivity contribution < 1.29 is 21.1 Å². The van der Waals surface area contributed by atoms with E-state index in [0.29, 0.717) is 0 Å². The van der Waals surface area contributed by atoms with E-state index < -0.39 is 0 Å². The number of rotatable bonds is 1. The van der Waals surface area contributed by atoms with Crippen LogP contribution in [0.3, 0.4) is 0 Å². The molecule has 0 bridgehead atoms. The van der Waals surface area contributed by atoms with E-state index >= 15 is 0 Å². The molecule has 13 heavy (non-hydrogen) atoms. The van der Waals surface area contributed by atoms with Gasteiger partial charge < -0.3 is 0 Å². The first-order valence-corrected chi connectivity index (χ1v) is 3.71. The molecular formula is C9H8N3Pt-. The first-order chi connectivity index (χ1) is 5.88. The van der Waals surface area contributed by atoms with E-state index in [-0.39, 0.29) is 21.1 Å². The van der Waals surface area contributed by atoms with Gasteiger partial charge in [-0.15, -0.1) is 6.07 Å². The molecule has 0 spiro atoms. The zero-order valence-electron chi connectivity index (χ0n) is 7.04. The molecule has 1 aromatic heterocycles. The summed E-state index contributed by atoms with van der Waals surface area (Å²) in [7, 11) is 0. The van der Waals surface area contributed by atoms with Gasteiger partial charge in [0.25, 0.3) is 0 Å². The van der Waals surface area contributed by atoms with Gasteiger partial charge in [0.1, 0.15) is 12.2 Å². The molecule has 0 aliphatic rings. The van der Waals surface area contributed by atoms with Gasteiger partial charge in [0, 0.05) is 21.1 Å². The van der Waals surface area contributed by atoms with Crippen molar-refractivity contribution in [3.05, 3.63) is 42.5 Å². The Hall–Kier alpha value is -0.952. The largest absolute Gasteiger partial charge is 0.243 e. The molecule has 0 amide bonds. The van der Waals surface area contributed by atoms with Crippen molar-refractivity contribution in [2.45, 2.75) is 6.92 Å².